The Morgan fingerprint density at radius 2 is 2.08 bits per heavy atom. The molecule has 2 aromatic carbocycles. The Morgan fingerprint density at radius 3 is 2.96 bits per heavy atom. The van der Waals surface area contributed by atoms with Crippen LogP contribution in [0.4, 0.5) is 0 Å². The van der Waals surface area contributed by atoms with Gasteiger partial charge in [0.2, 0.25) is 5.91 Å². The lowest BCUT2D eigenvalue weighted by molar-refractivity contribution is -0.120. The van der Waals surface area contributed by atoms with Gasteiger partial charge < -0.3 is 14.8 Å². The minimum absolute atomic E-state index is 0.0405. The van der Waals surface area contributed by atoms with Gasteiger partial charge in [0.1, 0.15) is 13.2 Å². The lowest BCUT2D eigenvalue weighted by Gasteiger charge is -2.20. The van der Waals surface area contributed by atoms with Crippen LogP contribution >= 0.6 is 23.4 Å². The van der Waals surface area contributed by atoms with E-state index in [1.807, 2.05) is 24.3 Å². The molecule has 2 heterocycles. The third kappa shape index (κ3) is 3.58. The number of halogens is 1. The monoisotopic (exact) mass is 375 g/mol. The Labute approximate surface area is 155 Å². The van der Waals surface area contributed by atoms with Gasteiger partial charge in [-0.1, -0.05) is 29.8 Å². The lowest BCUT2D eigenvalue weighted by Crippen LogP contribution is -2.33. The zero-order valence-electron chi connectivity index (χ0n) is 13.6. The van der Waals surface area contributed by atoms with Crippen LogP contribution in [0.3, 0.4) is 0 Å². The maximum Gasteiger partial charge on any atom is 0.233 e. The van der Waals surface area contributed by atoms with Crippen LogP contribution in [0.15, 0.2) is 41.3 Å². The fourth-order valence-corrected chi connectivity index (χ4v) is 4.59. The van der Waals surface area contributed by atoms with E-state index in [2.05, 4.69) is 17.4 Å². The summed E-state index contributed by atoms with van der Waals surface area (Å²) in [6, 6.07) is 12.0. The van der Waals surface area contributed by atoms with Gasteiger partial charge in [-0.05, 0) is 42.2 Å². The third-order valence-electron chi connectivity index (χ3n) is 4.31. The van der Waals surface area contributed by atoms with Gasteiger partial charge in [-0.15, -0.1) is 11.8 Å². The zero-order valence-corrected chi connectivity index (χ0v) is 15.2. The van der Waals surface area contributed by atoms with Gasteiger partial charge >= 0.3 is 0 Å². The quantitative estimate of drug-likeness (QED) is 0.888. The number of carbonyl (C=O) groups is 1. The Morgan fingerprint density at radius 1 is 1.24 bits per heavy atom. The summed E-state index contributed by atoms with van der Waals surface area (Å²) < 4.78 is 11.1. The van der Waals surface area contributed by atoms with Crippen molar-refractivity contribution in [3.05, 3.63) is 52.5 Å². The smallest absolute Gasteiger partial charge is 0.233 e. The van der Waals surface area contributed by atoms with Gasteiger partial charge in [0, 0.05) is 11.4 Å². The van der Waals surface area contributed by atoms with Crippen LogP contribution in [0, 0.1) is 0 Å². The first-order valence-corrected chi connectivity index (χ1v) is 9.57. The molecular weight excluding hydrogens is 358 g/mol. The number of amides is 1. The SMILES string of the molecule is O=C(NCCc1cc(Cl)c2c(c1)OCCO2)C1Cc2ccccc2S1. The number of hydrogen-bond donors (Lipinski definition) is 1. The van der Waals surface area contributed by atoms with Crippen molar-refractivity contribution >= 4 is 29.3 Å². The van der Waals surface area contributed by atoms with Crippen molar-refractivity contribution in [3.63, 3.8) is 0 Å². The number of fused-ring (bicyclic) bond motifs is 2. The van der Waals surface area contributed by atoms with Crippen LogP contribution in [-0.2, 0) is 17.6 Å². The van der Waals surface area contributed by atoms with Crippen LogP contribution in [0.1, 0.15) is 11.1 Å². The molecule has 0 saturated heterocycles. The molecule has 1 unspecified atom stereocenters. The molecule has 1 N–H and O–H groups in total. The predicted octanol–water partition coefficient (Wildman–Crippen LogP) is 3.49. The van der Waals surface area contributed by atoms with Crippen LogP contribution in [0.5, 0.6) is 11.5 Å². The summed E-state index contributed by atoms with van der Waals surface area (Å²) in [7, 11) is 0. The molecule has 0 bridgehead atoms. The molecule has 2 aliphatic heterocycles. The van der Waals surface area contributed by atoms with E-state index in [1.54, 1.807) is 11.8 Å². The first-order valence-electron chi connectivity index (χ1n) is 8.31. The lowest BCUT2D eigenvalue weighted by atomic mass is 10.1. The molecule has 130 valence electrons. The Kier molecular flexibility index (Phi) is 4.77. The van der Waals surface area contributed by atoms with Gasteiger partial charge in [-0.25, -0.2) is 0 Å². The highest BCUT2D eigenvalue weighted by Gasteiger charge is 2.27. The van der Waals surface area contributed by atoms with Crippen molar-refractivity contribution in [1.82, 2.24) is 5.32 Å². The Hall–Kier alpha value is -1.85. The molecule has 25 heavy (non-hydrogen) atoms. The summed E-state index contributed by atoms with van der Waals surface area (Å²) in [6.07, 6.45) is 1.50. The van der Waals surface area contributed by atoms with Crippen molar-refractivity contribution in [3.8, 4) is 11.5 Å². The highest BCUT2D eigenvalue weighted by Crippen LogP contribution is 2.38. The fourth-order valence-electron chi connectivity index (χ4n) is 3.08. The van der Waals surface area contributed by atoms with Crippen molar-refractivity contribution in [1.29, 1.82) is 0 Å². The molecule has 0 aromatic heterocycles. The van der Waals surface area contributed by atoms with E-state index >= 15 is 0 Å². The molecule has 0 aliphatic carbocycles. The van der Waals surface area contributed by atoms with E-state index in [0.29, 0.717) is 42.7 Å². The minimum atomic E-state index is -0.0405. The van der Waals surface area contributed by atoms with Crippen LogP contribution < -0.4 is 14.8 Å². The first kappa shape index (κ1) is 16.6. The molecule has 6 heteroatoms. The van der Waals surface area contributed by atoms with Crippen molar-refractivity contribution in [2.75, 3.05) is 19.8 Å². The minimum Gasteiger partial charge on any atom is -0.486 e. The van der Waals surface area contributed by atoms with E-state index in [0.717, 1.165) is 12.0 Å². The fraction of sp³-hybridized carbons (Fsp3) is 0.316. The molecular formula is C19H18ClNO3S. The first-order chi connectivity index (χ1) is 12.2. The second-order valence-electron chi connectivity index (χ2n) is 6.06. The van der Waals surface area contributed by atoms with E-state index in [1.165, 1.54) is 10.5 Å². The molecule has 2 aliphatic rings. The largest absolute Gasteiger partial charge is 0.486 e. The average molecular weight is 376 g/mol. The molecule has 1 amide bonds. The summed E-state index contributed by atoms with van der Waals surface area (Å²) in [6.45, 7) is 1.62. The van der Waals surface area contributed by atoms with Gasteiger partial charge in [0.25, 0.3) is 0 Å². The topological polar surface area (TPSA) is 47.6 Å². The van der Waals surface area contributed by atoms with Crippen molar-refractivity contribution < 1.29 is 14.3 Å². The number of hydrogen-bond acceptors (Lipinski definition) is 4. The molecule has 0 spiro atoms. The second kappa shape index (κ2) is 7.18. The molecule has 4 rings (SSSR count). The number of nitrogens with one attached hydrogen (secondary N) is 1. The summed E-state index contributed by atoms with van der Waals surface area (Å²) in [5, 5.41) is 3.55. The second-order valence-corrected chi connectivity index (χ2v) is 7.71. The highest BCUT2D eigenvalue weighted by atomic mass is 35.5. The van der Waals surface area contributed by atoms with E-state index in [-0.39, 0.29) is 11.2 Å². The molecule has 1 atom stereocenters. The molecule has 0 radical (unpaired) electrons. The number of benzene rings is 2. The van der Waals surface area contributed by atoms with Gasteiger partial charge in [-0.3, -0.25) is 4.79 Å². The van der Waals surface area contributed by atoms with Crippen LogP contribution in [-0.4, -0.2) is 30.9 Å². The molecule has 0 fully saturated rings. The number of carbonyl (C=O) groups excluding carboxylic acids is 1. The van der Waals surface area contributed by atoms with Crippen LogP contribution in [0.2, 0.25) is 5.02 Å². The summed E-state index contributed by atoms with van der Waals surface area (Å²) in [4.78, 5) is 13.6. The van der Waals surface area contributed by atoms with Crippen molar-refractivity contribution in [2.24, 2.45) is 0 Å². The summed E-state index contributed by atoms with van der Waals surface area (Å²) >= 11 is 7.89. The summed E-state index contributed by atoms with van der Waals surface area (Å²) in [5.41, 5.74) is 2.28. The number of ether oxygens (including phenoxy) is 2. The van der Waals surface area contributed by atoms with Gasteiger partial charge in [-0.2, -0.15) is 0 Å². The summed E-state index contributed by atoms with van der Waals surface area (Å²) in [5.74, 6) is 1.38. The standard InChI is InChI=1S/C19H18ClNO3S/c20-14-9-12(10-15-18(14)24-8-7-23-15)5-6-21-19(22)17-11-13-3-1-2-4-16(13)25-17/h1-4,9-10,17H,5-8,11H2,(H,21,22). The van der Waals surface area contributed by atoms with E-state index < -0.39 is 0 Å². The van der Waals surface area contributed by atoms with E-state index in [4.69, 9.17) is 21.1 Å². The Balaban J connectivity index is 1.32. The van der Waals surface area contributed by atoms with E-state index in [9.17, 15) is 4.79 Å². The molecule has 0 saturated carbocycles. The number of thioether (sulfide) groups is 1. The maximum absolute atomic E-state index is 12.4. The maximum atomic E-state index is 12.4. The molecule has 4 nitrogen and oxygen atoms in total. The number of rotatable bonds is 4. The van der Waals surface area contributed by atoms with Gasteiger partial charge in [0.05, 0.1) is 10.3 Å². The van der Waals surface area contributed by atoms with Crippen LogP contribution in [0.25, 0.3) is 0 Å². The Bertz CT molecular complexity index is 786. The van der Waals surface area contributed by atoms with Gasteiger partial charge in [0.15, 0.2) is 11.5 Å². The van der Waals surface area contributed by atoms with Crippen molar-refractivity contribution in [2.45, 2.75) is 23.0 Å². The zero-order chi connectivity index (χ0) is 17.2. The highest BCUT2D eigenvalue weighted by molar-refractivity contribution is 8.01. The average Bonchev–Trinajstić information content (AvgIpc) is 3.06. The third-order valence-corrected chi connectivity index (χ3v) is 5.91. The molecule has 2 aromatic rings. The predicted molar refractivity (Wildman–Crippen MR) is 98.9 cm³/mol. The normalized spacial score (nSPS) is 17.9.